The Hall–Kier alpha value is -1.40. The number of hydrogen-bond donors (Lipinski definition) is 3. The number of nitrogens with two attached hydrogens (primary N) is 1. The Bertz CT molecular complexity index is 482. The van der Waals surface area contributed by atoms with Crippen LogP contribution in [-0.2, 0) is 9.53 Å². The number of aromatic amines is 1. The third-order valence-electron chi connectivity index (χ3n) is 4.69. The molecule has 1 aromatic rings. The molecule has 1 aliphatic carbocycles. The van der Waals surface area contributed by atoms with Crippen LogP contribution < -0.4 is 11.1 Å². The van der Waals surface area contributed by atoms with Gasteiger partial charge in [0.2, 0.25) is 5.91 Å². The molecule has 4 N–H and O–H groups in total. The van der Waals surface area contributed by atoms with E-state index in [0.717, 1.165) is 51.0 Å². The first kappa shape index (κ1) is 14.5. The van der Waals surface area contributed by atoms with Crippen molar-refractivity contribution in [3.8, 4) is 0 Å². The molecule has 0 unspecified atom stereocenters. The maximum absolute atomic E-state index is 12.1. The predicted octanol–water partition coefficient (Wildman–Crippen LogP) is 1.76. The Kier molecular flexibility index (Phi) is 4.55. The number of H-pyrrole nitrogens is 1. The number of hydrogen-bond acceptors (Lipinski definition) is 4. The Morgan fingerprint density at radius 1 is 1.38 bits per heavy atom. The molecule has 2 fully saturated rings. The van der Waals surface area contributed by atoms with Crippen LogP contribution in [0.2, 0.25) is 0 Å². The minimum absolute atomic E-state index is 0.0161. The molecule has 0 spiro atoms. The molecular weight excluding hydrogens is 268 g/mol. The standard InChI is InChI=1S/C15H24N4O2/c16-12-3-1-2-11(12)8-15(20)17-14-9-13(18-19-14)10-4-6-21-7-5-10/h9-12H,1-8,16H2,(H2,17,18,19,20)/t11-,12+/m0/s1. The van der Waals surface area contributed by atoms with Crippen molar-refractivity contribution in [1.82, 2.24) is 10.2 Å². The lowest BCUT2D eigenvalue weighted by molar-refractivity contribution is -0.117. The highest BCUT2D eigenvalue weighted by Crippen LogP contribution is 2.28. The summed E-state index contributed by atoms with van der Waals surface area (Å²) in [5.41, 5.74) is 7.10. The summed E-state index contributed by atoms with van der Waals surface area (Å²) < 4.78 is 5.36. The number of nitrogens with zero attached hydrogens (tertiary/aromatic N) is 1. The van der Waals surface area contributed by atoms with Crippen LogP contribution >= 0.6 is 0 Å². The highest BCUT2D eigenvalue weighted by molar-refractivity contribution is 5.90. The van der Waals surface area contributed by atoms with E-state index in [1.54, 1.807) is 0 Å². The second-order valence-corrected chi connectivity index (χ2v) is 6.20. The van der Waals surface area contributed by atoms with Gasteiger partial charge >= 0.3 is 0 Å². The van der Waals surface area contributed by atoms with E-state index in [-0.39, 0.29) is 11.9 Å². The maximum atomic E-state index is 12.1. The lowest BCUT2D eigenvalue weighted by Crippen LogP contribution is -2.28. The van der Waals surface area contributed by atoms with Crippen molar-refractivity contribution in [2.24, 2.45) is 11.7 Å². The average molecular weight is 292 g/mol. The zero-order valence-electron chi connectivity index (χ0n) is 12.3. The van der Waals surface area contributed by atoms with Crippen LogP contribution in [0.15, 0.2) is 6.07 Å². The molecule has 0 aromatic carbocycles. The molecule has 1 saturated carbocycles. The van der Waals surface area contributed by atoms with Crippen molar-refractivity contribution in [3.63, 3.8) is 0 Å². The van der Waals surface area contributed by atoms with Crippen molar-refractivity contribution in [1.29, 1.82) is 0 Å². The minimum atomic E-state index is 0.0161. The van der Waals surface area contributed by atoms with Gasteiger partial charge in [-0.25, -0.2) is 0 Å². The number of rotatable bonds is 4. The first-order chi connectivity index (χ1) is 10.2. The molecule has 3 rings (SSSR count). The van der Waals surface area contributed by atoms with Crippen LogP contribution in [0.4, 0.5) is 5.82 Å². The molecule has 6 heteroatoms. The fourth-order valence-electron chi connectivity index (χ4n) is 3.37. The molecule has 0 radical (unpaired) electrons. The van der Waals surface area contributed by atoms with Gasteiger partial charge in [0.15, 0.2) is 5.82 Å². The molecule has 1 saturated heterocycles. The molecule has 1 aromatic heterocycles. The predicted molar refractivity (Wildman–Crippen MR) is 79.9 cm³/mol. The summed E-state index contributed by atoms with van der Waals surface area (Å²) in [6, 6.07) is 2.12. The Labute approximate surface area is 124 Å². The summed E-state index contributed by atoms with van der Waals surface area (Å²) >= 11 is 0. The van der Waals surface area contributed by atoms with Gasteiger partial charge in [-0.15, -0.1) is 0 Å². The van der Waals surface area contributed by atoms with Gasteiger partial charge in [0, 0.05) is 43.4 Å². The van der Waals surface area contributed by atoms with Gasteiger partial charge in [-0.2, -0.15) is 5.10 Å². The molecule has 2 aliphatic rings. The largest absolute Gasteiger partial charge is 0.381 e. The van der Waals surface area contributed by atoms with Crippen LogP contribution in [0.25, 0.3) is 0 Å². The highest BCUT2D eigenvalue weighted by Gasteiger charge is 2.26. The van der Waals surface area contributed by atoms with Gasteiger partial charge in [-0.1, -0.05) is 6.42 Å². The maximum Gasteiger partial charge on any atom is 0.225 e. The van der Waals surface area contributed by atoms with Crippen LogP contribution in [0.5, 0.6) is 0 Å². The number of carbonyl (C=O) groups excluding carboxylic acids is 1. The molecule has 116 valence electrons. The van der Waals surface area contributed by atoms with Gasteiger partial charge in [-0.3, -0.25) is 9.89 Å². The second kappa shape index (κ2) is 6.58. The highest BCUT2D eigenvalue weighted by atomic mass is 16.5. The lowest BCUT2D eigenvalue weighted by Gasteiger charge is -2.20. The summed E-state index contributed by atoms with van der Waals surface area (Å²) in [6.07, 6.45) is 5.74. The molecule has 0 bridgehead atoms. The van der Waals surface area contributed by atoms with Crippen molar-refractivity contribution in [2.45, 2.75) is 50.5 Å². The number of amides is 1. The van der Waals surface area contributed by atoms with Gasteiger partial charge in [0.25, 0.3) is 0 Å². The summed E-state index contributed by atoms with van der Waals surface area (Å²) in [7, 11) is 0. The third-order valence-corrected chi connectivity index (χ3v) is 4.69. The molecule has 6 nitrogen and oxygen atoms in total. The Morgan fingerprint density at radius 2 is 2.19 bits per heavy atom. The fourth-order valence-corrected chi connectivity index (χ4v) is 3.37. The van der Waals surface area contributed by atoms with E-state index in [1.807, 2.05) is 6.07 Å². The fraction of sp³-hybridized carbons (Fsp3) is 0.733. The van der Waals surface area contributed by atoms with Crippen molar-refractivity contribution in [2.75, 3.05) is 18.5 Å². The zero-order valence-corrected chi connectivity index (χ0v) is 12.3. The van der Waals surface area contributed by atoms with E-state index >= 15 is 0 Å². The molecule has 2 heterocycles. The van der Waals surface area contributed by atoms with E-state index in [9.17, 15) is 4.79 Å². The SMILES string of the molecule is N[C@@H]1CCC[C@H]1CC(=O)Nc1cc(C2CCOCC2)[nH]n1. The Balaban J connectivity index is 1.52. The topological polar surface area (TPSA) is 93.0 Å². The molecule has 21 heavy (non-hydrogen) atoms. The number of aromatic nitrogens is 2. The number of ether oxygens (including phenoxy) is 1. The third kappa shape index (κ3) is 3.63. The molecule has 1 aliphatic heterocycles. The van der Waals surface area contributed by atoms with E-state index < -0.39 is 0 Å². The van der Waals surface area contributed by atoms with E-state index in [2.05, 4.69) is 15.5 Å². The minimum Gasteiger partial charge on any atom is -0.381 e. The smallest absolute Gasteiger partial charge is 0.225 e. The van der Waals surface area contributed by atoms with Crippen LogP contribution in [0.1, 0.15) is 50.1 Å². The summed E-state index contributed by atoms with van der Waals surface area (Å²) in [5, 5.41) is 10.1. The van der Waals surface area contributed by atoms with Crippen molar-refractivity contribution >= 4 is 11.7 Å². The molecule has 1 amide bonds. The summed E-state index contributed by atoms with van der Waals surface area (Å²) in [4.78, 5) is 12.1. The number of nitrogens with one attached hydrogen (secondary N) is 2. The van der Waals surface area contributed by atoms with Crippen LogP contribution in [-0.4, -0.2) is 35.4 Å². The number of carbonyl (C=O) groups is 1. The number of anilines is 1. The lowest BCUT2D eigenvalue weighted by atomic mass is 9.97. The Morgan fingerprint density at radius 3 is 2.90 bits per heavy atom. The molecule has 2 atom stereocenters. The van der Waals surface area contributed by atoms with Crippen molar-refractivity contribution in [3.05, 3.63) is 11.8 Å². The van der Waals surface area contributed by atoms with Gasteiger partial charge in [-0.05, 0) is 31.6 Å². The average Bonchev–Trinajstić information content (AvgIpc) is 3.10. The molecular formula is C15H24N4O2. The van der Waals surface area contributed by atoms with Crippen LogP contribution in [0.3, 0.4) is 0 Å². The normalized spacial score (nSPS) is 26.9. The van der Waals surface area contributed by atoms with Gasteiger partial charge in [0.1, 0.15) is 0 Å². The van der Waals surface area contributed by atoms with E-state index in [1.165, 1.54) is 0 Å². The zero-order chi connectivity index (χ0) is 14.7. The summed E-state index contributed by atoms with van der Waals surface area (Å²) in [6.45, 7) is 1.59. The van der Waals surface area contributed by atoms with E-state index in [4.69, 9.17) is 10.5 Å². The second-order valence-electron chi connectivity index (χ2n) is 6.20. The van der Waals surface area contributed by atoms with Gasteiger partial charge < -0.3 is 15.8 Å². The van der Waals surface area contributed by atoms with Gasteiger partial charge in [0.05, 0.1) is 0 Å². The van der Waals surface area contributed by atoms with Crippen LogP contribution in [0, 0.1) is 5.92 Å². The van der Waals surface area contributed by atoms with Crippen molar-refractivity contribution < 1.29 is 9.53 Å². The quantitative estimate of drug-likeness (QED) is 0.788. The monoisotopic (exact) mass is 292 g/mol. The first-order valence-electron chi connectivity index (χ1n) is 7.91. The van der Waals surface area contributed by atoms with E-state index in [0.29, 0.717) is 24.1 Å². The summed E-state index contributed by atoms with van der Waals surface area (Å²) in [5.74, 6) is 1.41. The first-order valence-corrected chi connectivity index (χ1v) is 7.91.